The standard InChI is InChI=1S/C31H43ClN2O5/c1-23-17-26(18-24(2)30(23)32)39-22-31(36)12-7-13-33(21-31)20-25-10-11-27(37-3)28(19-25)38-16-8-15-34-14-6-4-5-9-29(34)35/h10-11,17-19,36H,4-9,12-16,20-22H2,1-3H3/t31-/m1/s1. The molecule has 4 rings (SSSR count). The zero-order valence-electron chi connectivity index (χ0n) is 23.6. The molecule has 2 saturated heterocycles. The van der Waals surface area contributed by atoms with E-state index in [9.17, 15) is 9.90 Å². The summed E-state index contributed by atoms with van der Waals surface area (Å²) in [5.74, 6) is 2.40. The molecule has 2 heterocycles. The van der Waals surface area contributed by atoms with Crippen LogP contribution >= 0.6 is 11.6 Å². The summed E-state index contributed by atoms with van der Waals surface area (Å²) in [6.45, 7) is 8.40. The molecule has 7 nitrogen and oxygen atoms in total. The van der Waals surface area contributed by atoms with Crippen LogP contribution in [0.4, 0.5) is 0 Å². The molecule has 0 aromatic heterocycles. The topological polar surface area (TPSA) is 71.5 Å². The van der Waals surface area contributed by atoms with E-state index in [1.165, 1.54) is 0 Å². The Kier molecular flexibility index (Phi) is 10.4. The van der Waals surface area contributed by atoms with Crippen LogP contribution < -0.4 is 14.2 Å². The first-order valence-electron chi connectivity index (χ1n) is 14.2. The maximum absolute atomic E-state index is 12.2. The van der Waals surface area contributed by atoms with E-state index in [1.807, 2.05) is 49.1 Å². The molecular weight excluding hydrogens is 516 g/mol. The number of amides is 1. The number of benzene rings is 2. The lowest BCUT2D eigenvalue weighted by molar-refractivity contribution is -0.130. The molecule has 8 heteroatoms. The summed E-state index contributed by atoms with van der Waals surface area (Å²) in [6, 6.07) is 9.85. The third kappa shape index (κ3) is 8.26. The molecule has 39 heavy (non-hydrogen) atoms. The average Bonchev–Trinajstić information content (AvgIpc) is 3.12. The van der Waals surface area contributed by atoms with Crippen molar-refractivity contribution in [3.05, 3.63) is 52.0 Å². The molecule has 1 amide bonds. The van der Waals surface area contributed by atoms with Crippen molar-refractivity contribution in [1.82, 2.24) is 9.80 Å². The zero-order chi connectivity index (χ0) is 27.8. The van der Waals surface area contributed by atoms with Crippen molar-refractivity contribution in [3.63, 3.8) is 0 Å². The van der Waals surface area contributed by atoms with E-state index >= 15 is 0 Å². The van der Waals surface area contributed by atoms with Crippen LogP contribution in [0.15, 0.2) is 30.3 Å². The normalized spacial score (nSPS) is 20.5. The lowest BCUT2D eigenvalue weighted by Crippen LogP contribution is -2.51. The summed E-state index contributed by atoms with van der Waals surface area (Å²) in [5, 5.41) is 12.1. The van der Waals surface area contributed by atoms with E-state index in [2.05, 4.69) is 4.90 Å². The number of aryl methyl sites for hydroxylation is 2. The molecule has 0 aliphatic carbocycles. The maximum Gasteiger partial charge on any atom is 0.222 e. The molecule has 0 spiro atoms. The quantitative estimate of drug-likeness (QED) is 0.365. The van der Waals surface area contributed by atoms with E-state index in [-0.39, 0.29) is 12.5 Å². The van der Waals surface area contributed by atoms with Gasteiger partial charge >= 0.3 is 0 Å². The summed E-state index contributed by atoms with van der Waals surface area (Å²) in [7, 11) is 1.65. The molecule has 1 N–H and O–H groups in total. The minimum Gasteiger partial charge on any atom is -0.493 e. The Labute approximate surface area is 238 Å². The summed E-state index contributed by atoms with van der Waals surface area (Å²) in [4.78, 5) is 16.5. The largest absolute Gasteiger partial charge is 0.493 e. The highest BCUT2D eigenvalue weighted by atomic mass is 35.5. The molecule has 0 bridgehead atoms. The van der Waals surface area contributed by atoms with E-state index in [4.69, 9.17) is 25.8 Å². The van der Waals surface area contributed by atoms with Gasteiger partial charge in [-0.3, -0.25) is 9.69 Å². The van der Waals surface area contributed by atoms with Crippen molar-refractivity contribution < 1.29 is 24.1 Å². The number of carbonyl (C=O) groups is 1. The Hall–Kier alpha value is -2.48. The molecule has 0 radical (unpaired) electrons. The highest BCUT2D eigenvalue weighted by molar-refractivity contribution is 6.32. The van der Waals surface area contributed by atoms with Crippen molar-refractivity contribution >= 4 is 17.5 Å². The molecule has 2 aromatic carbocycles. The maximum atomic E-state index is 12.2. The molecular formula is C31H43ClN2O5. The molecule has 2 aliphatic heterocycles. The lowest BCUT2D eigenvalue weighted by atomic mass is 9.93. The Morgan fingerprint density at radius 3 is 2.56 bits per heavy atom. The number of nitrogens with zero attached hydrogens (tertiary/aromatic N) is 2. The number of β-amino-alcohol motifs (C(OH)–C–C–N with tert-alkyl or cyclic N) is 1. The number of rotatable bonds is 11. The second-order valence-corrected chi connectivity index (χ2v) is 11.5. The van der Waals surface area contributed by atoms with Gasteiger partial charge in [0, 0.05) is 37.6 Å². The molecule has 1 atom stereocenters. The summed E-state index contributed by atoms with van der Waals surface area (Å²) >= 11 is 6.29. The first kappa shape index (κ1) is 29.5. The van der Waals surface area contributed by atoms with Gasteiger partial charge in [-0.15, -0.1) is 0 Å². The predicted molar refractivity (Wildman–Crippen MR) is 154 cm³/mol. The van der Waals surface area contributed by atoms with E-state index in [0.29, 0.717) is 44.0 Å². The van der Waals surface area contributed by atoms with Crippen LogP contribution in [0.3, 0.4) is 0 Å². The molecule has 0 saturated carbocycles. The minimum atomic E-state index is -0.920. The second-order valence-electron chi connectivity index (χ2n) is 11.1. The highest BCUT2D eigenvalue weighted by Gasteiger charge is 2.34. The van der Waals surface area contributed by atoms with E-state index in [1.54, 1.807) is 7.11 Å². The smallest absolute Gasteiger partial charge is 0.222 e. The van der Waals surface area contributed by atoms with Gasteiger partial charge < -0.3 is 24.2 Å². The van der Waals surface area contributed by atoms with Crippen molar-refractivity contribution in [2.24, 2.45) is 0 Å². The number of methoxy groups -OCH3 is 1. The van der Waals surface area contributed by atoms with Gasteiger partial charge in [0.05, 0.1) is 13.7 Å². The molecule has 2 aromatic rings. The first-order chi connectivity index (χ1) is 18.8. The number of hydrogen-bond acceptors (Lipinski definition) is 6. The number of piperidine rings is 1. The predicted octanol–water partition coefficient (Wildman–Crippen LogP) is 5.54. The Bertz CT molecular complexity index is 1100. The zero-order valence-corrected chi connectivity index (χ0v) is 24.4. The Morgan fingerprint density at radius 1 is 1.00 bits per heavy atom. The molecule has 0 unspecified atom stereocenters. The van der Waals surface area contributed by atoms with Gasteiger partial charge in [-0.05, 0) is 93.5 Å². The van der Waals surface area contributed by atoms with Crippen molar-refractivity contribution in [3.8, 4) is 17.2 Å². The second kappa shape index (κ2) is 13.7. The minimum absolute atomic E-state index is 0.237. The van der Waals surface area contributed by atoms with Crippen LogP contribution in [0.1, 0.15) is 61.6 Å². The fourth-order valence-electron chi connectivity index (χ4n) is 5.57. The SMILES string of the molecule is COc1ccc(CN2CCC[C@](O)(COc3cc(C)c(Cl)c(C)c3)C2)cc1OCCCN1CCCCCC1=O. The number of hydrogen-bond donors (Lipinski definition) is 1. The van der Waals surface area contributed by atoms with Crippen LogP contribution in [0, 0.1) is 13.8 Å². The van der Waals surface area contributed by atoms with Gasteiger partial charge in [-0.2, -0.15) is 0 Å². The van der Waals surface area contributed by atoms with Crippen molar-refractivity contribution in [2.45, 2.75) is 70.9 Å². The van der Waals surface area contributed by atoms with Gasteiger partial charge in [-0.25, -0.2) is 0 Å². The number of carbonyl (C=O) groups excluding carboxylic acids is 1. The average molecular weight is 559 g/mol. The highest BCUT2D eigenvalue weighted by Crippen LogP contribution is 2.31. The summed E-state index contributed by atoms with van der Waals surface area (Å²) in [6.07, 6.45) is 6.25. The lowest BCUT2D eigenvalue weighted by Gasteiger charge is -2.39. The third-order valence-electron chi connectivity index (χ3n) is 7.69. The van der Waals surface area contributed by atoms with E-state index < -0.39 is 5.60 Å². The van der Waals surface area contributed by atoms with Crippen LogP contribution in [0.25, 0.3) is 0 Å². The Morgan fingerprint density at radius 2 is 1.79 bits per heavy atom. The van der Waals surface area contributed by atoms with Crippen molar-refractivity contribution in [1.29, 1.82) is 0 Å². The molecule has 2 fully saturated rings. The van der Waals surface area contributed by atoms with Gasteiger partial charge in [0.25, 0.3) is 0 Å². The Balaban J connectivity index is 1.31. The first-order valence-corrected chi connectivity index (χ1v) is 14.6. The van der Waals surface area contributed by atoms with Gasteiger partial charge in [-0.1, -0.05) is 24.1 Å². The number of aliphatic hydroxyl groups is 1. The fourth-order valence-corrected chi connectivity index (χ4v) is 5.68. The van der Waals surface area contributed by atoms with Crippen LogP contribution in [0.5, 0.6) is 17.2 Å². The fraction of sp³-hybridized carbons (Fsp3) is 0.581. The van der Waals surface area contributed by atoms with Gasteiger partial charge in [0.1, 0.15) is 18.0 Å². The number of halogens is 1. The molecule has 214 valence electrons. The molecule has 2 aliphatic rings. The summed E-state index contributed by atoms with van der Waals surface area (Å²) < 4.78 is 17.7. The summed E-state index contributed by atoms with van der Waals surface area (Å²) in [5.41, 5.74) is 2.12. The number of likely N-dealkylation sites (tertiary alicyclic amines) is 2. The monoisotopic (exact) mass is 558 g/mol. The van der Waals surface area contributed by atoms with Crippen molar-refractivity contribution in [2.75, 3.05) is 46.5 Å². The third-order valence-corrected chi connectivity index (χ3v) is 8.28. The van der Waals surface area contributed by atoms with Crippen LogP contribution in [-0.2, 0) is 11.3 Å². The number of ether oxygens (including phenoxy) is 3. The van der Waals surface area contributed by atoms with Gasteiger partial charge in [0.2, 0.25) is 5.91 Å². The van der Waals surface area contributed by atoms with Gasteiger partial charge in [0.15, 0.2) is 11.5 Å². The van der Waals surface area contributed by atoms with E-state index in [0.717, 1.165) is 79.2 Å². The van der Waals surface area contributed by atoms with Crippen LogP contribution in [0.2, 0.25) is 5.02 Å². The van der Waals surface area contributed by atoms with Crippen LogP contribution in [-0.4, -0.2) is 72.9 Å².